The van der Waals surface area contributed by atoms with Crippen molar-refractivity contribution in [3.63, 3.8) is 0 Å². The number of amides is 1. The zero-order valence-electron chi connectivity index (χ0n) is 12.9. The quantitative estimate of drug-likeness (QED) is 0.867. The molecule has 0 radical (unpaired) electrons. The van der Waals surface area contributed by atoms with Gasteiger partial charge in [0.05, 0.1) is 5.92 Å². The van der Waals surface area contributed by atoms with E-state index in [4.69, 9.17) is 0 Å². The summed E-state index contributed by atoms with van der Waals surface area (Å²) in [5.74, 6) is 0.888. The molecule has 1 fully saturated rings. The van der Waals surface area contributed by atoms with Crippen LogP contribution in [0.1, 0.15) is 24.3 Å². The highest BCUT2D eigenvalue weighted by molar-refractivity contribution is 5.82. The van der Waals surface area contributed by atoms with Gasteiger partial charge in [-0.1, -0.05) is 42.5 Å². The minimum atomic E-state index is 0.0540. The highest BCUT2D eigenvalue weighted by Gasteiger charge is 2.37. The molecule has 0 saturated carbocycles. The first-order chi connectivity index (χ1) is 10.8. The summed E-state index contributed by atoms with van der Waals surface area (Å²) in [6.07, 6.45) is 8.09. The fourth-order valence-electron chi connectivity index (χ4n) is 3.79. The third-order valence-electron chi connectivity index (χ3n) is 4.93. The zero-order chi connectivity index (χ0) is 15.4. The van der Waals surface area contributed by atoms with Gasteiger partial charge < -0.3 is 5.32 Å². The predicted octanol–water partition coefficient (Wildman–Crippen LogP) is 2.93. The maximum atomic E-state index is 12.5. The molecule has 0 spiro atoms. The summed E-state index contributed by atoms with van der Waals surface area (Å²) < 4.78 is 0. The van der Waals surface area contributed by atoms with Gasteiger partial charge in [-0.05, 0) is 37.4 Å². The van der Waals surface area contributed by atoms with Gasteiger partial charge in [0.15, 0.2) is 0 Å². The topological polar surface area (TPSA) is 32.3 Å². The Balaban J connectivity index is 1.76. The van der Waals surface area contributed by atoms with E-state index in [0.29, 0.717) is 5.92 Å². The summed E-state index contributed by atoms with van der Waals surface area (Å²) in [7, 11) is 0. The lowest BCUT2D eigenvalue weighted by Crippen LogP contribution is -2.44. The molecule has 2 atom stereocenters. The predicted molar refractivity (Wildman–Crippen MR) is 89.3 cm³/mol. The van der Waals surface area contributed by atoms with Crippen molar-refractivity contribution in [2.75, 3.05) is 19.6 Å². The van der Waals surface area contributed by atoms with Crippen molar-refractivity contribution in [1.29, 1.82) is 0 Å². The third-order valence-corrected chi connectivity index (χ3v) is 4.93. The van der Waals surface area contributed by atoms with Gasteiger partial charge in [0.25, 0.3) is 0 Å². The molecule has 1 aromatic rings. The smallest absolute Gasteiger partial charge is 0.228 e. The van der Waals surface area contributed by atoms with Gasteiger partial charge in [-0.15, -0.1) is 6.58 Å². The summed E-state index contributed by atoms with van der Waals surface area (Å²) in [6, 6.07) is 10.4. The summed E-state index contributed by atoms with van der Waals surface area (Å²) >= 11 is 0. The molecule has 1 aromatic carbocycles. The van der Waals surface area contributed by atoms with Gasteiger partial charge in [-0.2, -0.15) is 0 Å². The molecule has 2 aliphatic heterocycles. The SMILES string of the molecule is C=CCN1CCC(C2C(=O)NC=CC2c2ccccc2)CC1. The second-order valence-electron chi connectivity index (χ2n) is 6.26. The summed E-state index contributed by atoms with van der Waals surface area (Å²) in [6.45, 7) is 6.88. The lowest BCUT2D eigenvalue weighted by molar-refractivity contribution is -0.127. The van der Waals surface area contributed by atoms with E-state index in [9.17, 15) is 4.79 Å². The van der Waals surface area contributed by atoms with Crippen molar-refractivity contribution in [3.8, 4) is 0 Å². The van der Waals surface area contributed by atoms with Crippen LogP contribution < -0.4 is 5.32 Å². The lowest BCUT2D eigenvalue weighted by atomic mass is 9.72. The van der Waals surface area contributed by atoms with Crippen LogP contribution in [0.4, 0.5) is 0 Å². The number of likely N-dealkylation sites (tertiary alicyclic amines) is 1. The van der Waals surface area contributed by atoms with Crippen LogP contribution in [0.5, 0.6) is 0 Å². The number of nitrogens with one attached hydrogen (secondary N) is 1. The number of nitrogens with zero attached hydrogens (tertiary/aromatic N) is 1. The van der Waals surface area contributed by atoms with Crippen LogP contribution in [0.2, 0.25) is 0 Å². The molecule has 2 unspecified atom stereocenters. The van der Waals surface area contributed by atoms with E-state index >= 15 is 0 Å². The molecule has 3 nitrogen and oxygen atoms in total. The first kappa shape index (κ1) is 15.0. The fourth-order valence-corrected chi connectivity index (χ4v) is 3.79. The van der Waals surface area contributed by atoms with E-state index in [1.807, 2.05) is 18.3 Å². The molecule has 1 amide bonds. The molecule has 2 aliphatic rings. The Morgan fingerprint density at radius 2 is 1.95 bits per heavy atom. The molecule has 1 N–H and O–H groups in total. The Bertz CT molecular complexity index is 544. The zero-order valence-corrected chi connectivity index (χ0v) is 12.9. The molecule has 0 aliphatic carbocycles. The van der Waals surface area contributed by atoms with Crippen molar-refractivity contribution in [1.82, 2.24) is 10.2 Å². The normalized spacial score (nSPS) is 26.6. The molecular weight excluding hydrogens is 272 g/mol. The second-order valence-corrected chi connectivity index (χ2v) is 6.26. The van der Waals surface area contributed by atoms with Crippen molar-refractivity contribution < 1.29 is 4.79 Å². The number of allylic oxidation sites excluding steroid dienone is 1. The van der Waals surface area contributed by atoms with Crippen molar-refractivity contribution in [2.45, 2.75) is 18.8 Å². The minimum Gasteiger partial charge on any atom is -0.333 e. The van der Waals surface area contributed by atoms with E-state index in [-0.39, 0.29) is 17.7 Å². The first-order valence-electron chi connectivity index (χ1n) is 8.15. The summed E-state index contributed by atoms with van der Waals surface area (Å²) in [5.41, 5.74) is 1.24. The van der Waals surface area contributed by atoms with Crippen molar-refractivity contribution in [3.05, 3.63) is 60.8 Å². The molecule has 116 valence electrons. The average molecular weight is 296 g/mol. The van der Waals surface area contributed by atoms with Gasteiger partial charge >= 0.3 is 0 Å². The molecule has 3 heteroatoms. The Labute approximate surface area is 132 Å². The van der Waals surface area contributed by atoms with Crippen LogP contribution in [0.25, 0.3) is 0 Å². The molecular formula is C19H24N2O. The van der Waals surface area contributed by atoms with E-state index in [1.54, 1.807) is 0 Å². The standard InChI is InChI=1S/C19H24N2O/c1-2-12-21-13-9-16(10-14-21)18-17(8-11-20-19(18)22)15-6-4-3-5-7-15/h2-8,11,16-18H,1,9-10,12-14H2,(H,20,22). The molecule has 0 aromatic heterocycles. The van der Waals surface area contributed by atoms with E-state index in [0.717, 1.165) is 32.5 Å². The van der Waals surface area contributed by atoms with Crippen LogP contribution in [0, 0.1) is 11.8 Å². The van der Waals surface area contributed by atoms with Crippen LogP contribution in [-0.2, 0) is 4.79 Å². The average Bonchev–Trinajstić information content (AvgIpc) is 2.57. The fraction of sp³-hybridized carbons (Fsp3) is 0.421. The maximum Gasteiger partial charge on any atom is 0.228 e. The van der Waals surface area contributed by atoms with Crippen LogP contribution in [0.3, 0.4) is 0 Å². The first-order valence-corrected chi connectivity index (χ1v) is 8.15. The molecule has 22 heavy (non-hydrogen) atoms. The van der Waals surface area contributed by atoms with Crippen LogP contribution in [-0.4, -0.2) is 30.4 Å². The Kier molecular flexibility index (Phi) is 4.74. The van der Waals surface area contributed by atoms with E-state index < -0.39 is 0 Å². The Hall–Kier alpha value is -1.87. The van der Waals surface area contributed by atoms with E-state index in [1.165, 1.54) is 5.56 Å². The Morgan fingerprint density at radius 3 is 2.64 bits per heavy atom. The number of benzene rings is 1. The molecule has 0 bridgehead atoms. The van der Waals surface area contributed by atoms with Gasteiger partial charge in [0, 0.05) is 18.7 Å². The number of hydrogen-bond acceptors (Lipinski definition) is 2. The van der Waals surface area contributed by atoms with Gasteiger partial charge in [0.1, 0.15) is 0 Å². The highest BCUT2D eigenvalue weighted by Crippen LogP contribution is 2.38. The van der Waals surface area contributed by atoms with Crippen LogP contribution in [0.15, 0.2) is 55.3 Å². The third kappa shape index (κ3) is 3.14. The largest absolute Gasteiger partial charge is 0.333 e. The van der Waals surface area contributed by atoms with Gasteiger partial charge in [-0.3, -0.25) is 9.69 Å². The van der Waals surface area contributed by atoms with E-state index in [2.05, 4.69) is 47.1 Å². The molecule has 3 rings (SSSR count). The van der Waals surface area contributed by atoms with Gasteiger partial charge in [0.2, 0.25) is 5.91 Å². The number of hydrogen-bond donors (Lipinski definition) is 1. The van der Waals surface area contributed by atoms with Crippen molar-refractivity contribution in [2.24, 2.45) is 11.8 Å². The summed E-state index contributed by atoms with van der Waals surface area (Å²) in [5, 5.41) is 2.92. The van der Waals surface area contributed by atoms with Crippen molar-refractivity contribution >= 4 is 5.91 Å². The summed E-state index contributed by atoms with van der Waals surface area (Å²) in [4.78, 5) is 14.9. The molecule has 1 saturated heterocycles. The number of piperidine rings is 1. The monoisotopic (exact) mass is 296 g/mol. The lowest BCUT2D eigenvalue weighted by Gasteiger charge is -2.38. The van der Waals surface area contributed by atoms with Crippen LogP contribution >= 0.6 is 0 Å². The second kappa shape index (κ2) is 6.93. The number of carbonyl (C=O) groups excluding carboxylic acids is 1. The maximum absolute atomic E-state index is 12.5. The number of rotatable bonds is 4. The minimum absolute atomic E-state index is 0.0540. The van der Waals surface area contributed by atoms with Gasteiger partial charge in [-0.25, -0.2) is 0 Å². The molecule has 2 heterocycles. The Morgan fingerprint density at radius 1 is 1.23 bits per heavy atom. The number of carbonyl (C=O) groups is 1. The highest BCUT2D eigenvalue weighted by atomic mass is 16.1.